The number of para-hydroxylation sites is 1. The molecule has 0 fully saturated rings. The first kappa shape index (κ1) is 20.3. The van der Waals surface area contributed by atoms with Crippen molar-refractivity contribution >= 4 is 5.97 Å². The van der Waals surface area contributed by atoms with Gasteiger partial charge in [-0.25, -0.2) is 19.4 Å². The van der Waals surface area contributed by atoms with E-state index >= 15 is 0 Å². The van der Waals surface area contributed by atoms with Gasteiger partial charge in [0, 0.05) is 12.3 Å². The minimum Gasteiger partial charge on any atom is -0.496 e. The average molecular weight is 398 g/mol. The van der Waals surface area contributed by atoms with E-state index in [4.69, 9.17) is 9.47 Å². The number of benzene rings is 1. The predicted octanol–water partition coefficient (Wildman–Crippen LogP) is 1.77. The smallest absolute Gasteiger partial charge is 0.336 e. The first-order valence-electron chi connectivity index (χ1n) is 8.90. The van der Waals surface area contributed by atoms with E-state index in [0.717, 1.165) is 5.56 Å². The lowest BCUT2D eigenvalue weighted by molar-refractivity contribution is -0.151. The fraction of sp³-hybridized carbons (Fsp3) is 0.300. The summed E-state index contributed by atoms with van der Waals surface area (Å²) in [7, 11) is 2.81. The molecule has 0 saturated carbocycles. The van der Waals surface area contributed by atoms with Crippen molar-refractivity contribution in [1.29, 1.82) is 0 Å². The van der Waals surface area contributed by atoms with Gasteiger partial charge in [-0.1, -0.05) is 12.1 Å². The summed E-state index contributed by atoms with van der Waals surface area (Å²) >= 11 is 0. The molecule has 9 heteroatoms. The van der Waals surface area contributed by atoms with Crippen molar-refractivity contribution in [2.75, 3.05) is 14.2 Å². The predicted molar refractivity (Wildman–Crippen MR) is 103 cm³/mol. The number of aliphatic hydroxyl groups is 1. The lowest BCUT2D eigenvalue weighted by atomic mass is 10.2. The van der Waals surface area contributed by atoms with Crippen molar-refractivity contribution in [3.8, 4) is 23.0 Å². The summed E-state index contributed by atoms with van der Waals surface area (Å²) in [5.74, 6) is 0.870. The molecule has 0 aliphatic carbocycles. The normalized spacial score (nSPS) is 11.7. The zero-order valence-corrected chi connectivity index (χ0v) is 16.4. The number of carbonyl (C=O) groups excluding carboxylic acids is 1. The molecule has 0 aliphatic heterocycles. The second kappa shape index (κ2) is 9.16. The number of aliphatic hydroxyl groups excluding tert-OH is 1. The molecule has 0 amide bonds. The summed E-state index contributed by atoms with van der Waals surface area (Å²) in [6.07, 6.45) is 0.314. The van der Waals surface area contributed by atoms with E-state index in [1.165, 1.54) is 11.8 Å². The molecule has 29 heavy (non-hydrogen) atoms. The number of aromatic nitrogens is 4. The van der Waals surface area contributed by atoms with Crippen LogP contribution in [0.4, 0.5) is 0 Å². The molecule has 0 spiro atoms. The summed E-state index contributed by atoms with van der Waals surface area (Å²) in [5.41, 5.74) is 2.12. The summed E-state index contributed by atoms with van der Waals surface area (Å²) in [5, 5.41) is 14.1. The van der Waals surface area contributed by atoms with Crippen LogP contribution in [0.1, 0.15) is 11.4 Å². The Balaban J connectivity index is 1.75. The molecule has 3 aromatic rings. The van der Waals surface area contributed by atoms with Crippen molar-refractivity contribution in [2.45, 2.75) is 26.2 Å². The van der Waals surface area contributed by atoms with E-state index in [1.807, 2.05) is 24.3 Å². The lowest BCUT2D eigenvalue weighted by Gasteiger charge is -2.12. The van der Waals surface area contributed by atoms with Crippen molar-refractivity contribution in [3.05, 3.63) is 54.0 Å². The molecule has 1 atom stereocenters. The Bertz CT molecular complexity index is 989. The number of carbonyl (C=O) groups is 1. The first-order chi connectivity index (χ1) is 14.0. The molecular weight excluding hydrogens is 376 g/mol. The number of hydrogen-bond acceptors (Lipinski definition) is 8. The van der Waals surface area contributed by atoms with Gasteiger partial charge in [0.15, 0.2) is 11.9 Å². The van der Waals surface area contributed by atoms with E-state index in [9.17, 15) is 9.90 Å². The molecule has 0 unspecified atom stereocenters. The summed E-state index contributed by atoms with van der Waals surface area (Å²) < 4.78 is 17.1. The second-order valence-corrected chi connectivity index (χ2v) is 6.21. The molecule has 0 saturated heterocycles. The van der Waals surface area contributed by atoms with Gasteiger partial charge in [-0.2, -0.15) is 5.10 Å². The van der Waals surface area contributed by atoms with Crippen LogP contribution in [0.15, 0.2) is 42.6 Å². The van der Waals surface area contributed by atoms with Gasteiger partial charge in [-0.15, -0.1) is 0 Å². The number of nitrogens with zero attached hydrogens (tertiary/aromatic N) is 4. The highest BCUT2D eigenvalue weighted by Crippen LogP contribution is 2.26. The van der Waals surface area contributed by atoms with Crippen LogP contribution in [-0.4, -0.2) is 51.1 Å². The SMILES string of the molecule is COC(=O)[C@H](O)Cn1nc(C)cc1OCc1ccnc(-c2ccccc2OC)n1. The minimum absolute atomic E-state index is 0.0773. The highest BCUT2D eigenvalue weighted by molar-refractivity contribution is 5.74. The monoisotopic (exact) mass is 398 g/mol. The zero-order chi connectivity index (χ0) is 20.8. The summed E-state index contributed by atoms with van der Waals surface area (Å²) in [6, 6.07) is 10.9. The molecular formula is C20H22N4O5. The largest absolute Gasteiger partial charge is 0.496 e. The molecule has 2 heterocycles. The third kappa shape index (κ3) is 4.88. The van der Waals surface area contributed by atoms with E-state index in [1.54, 1.807) is 32.4 Å². The highest BCUT2D eigenvalue weighted by atomic mass is 16.5. The second-order valence-electron chi connectivity index (χ2n) is 6.21. The van der Waals surface area contributed by atoms with Gasteiger partial charge in [-0.3, -0.25) is 0 Å². The Morgan fingerprint density at radius 3 is 2.79 bits per heavy atom. The molecule has 9 nitrogen and oxygen atoms in total. The summed E-state index contributed by atoms with van der Waals surface area (Å²) in [4.78, 5) is 20.3. The number of methoxy groups -OCH3 is 2. The van der Waals surface area contributed by atoms with E-state index in [0.29, 0.717) is 28.8 Å². The number of aryl methyl sites for hydroxylation is 1. The molecule has 0 aliphatic rings. The van der Waals surface area contributed by atoms with Crippen molar-refractivity contribution in [1.82, 2.24) is 19.7 Å². The number of ether oxygens (including phenoxy) is 3. The van der Waals surface area contributed by atoms with E-state index in [-0.39, 0.29) is 13.2 Å². The molecule has 0 bridgehead atoms. The highest BCUT2D eigenvalue weighted by Gasteiger charge is 2.19. The van der Waals surface area contributed by atoms with Crippen LogP contribution in [0.2, 0.25) is 0 Å². The third-order valence-corrected chi connectivity index (χ3v) is 4.11. The Hall–Kier alpha value is -3.46. The number of rotatable bonds is 8. The van der Waals surface area contributed by atoms with Gasteiger partial charge in [0.25, 0.3) is 0 Å². The molecule has 1 N–H and O–H groups in total. The van der Waals surface area contributed by atoms with Crippen LogP contribution in [-0.2, 0) is 22.7 Å². The van der Waals surface area contributed by atoms with Crippen LogP contribution < -0.4 is 9.47 Å². The van der Waals surface area contributed by atoms with Gasteiger partial charge >= 0.3 is 5.97 Å². The Kier molecular flexibility index (Phi) is 6.40. The fourth-order valence-corrected chi connectivity index (χ4v) is 2.73. The maximum absolute atomic E-state index is 11.5. The van der Waals surface area contributed by atoms with Crippen LogP contribution in [0.3, 0.4) is 0 Å². The topological polar surface area (TPSA) is 109 Å². The van der Waals surface area contributed by atoms with E-state index < -0.39 is 12.1 Å². The minimum atomic E-state index is -1.34. The fourth-order valence-electron chi connectivity index (χ4n) is 2.73. The molecule has 1 aromatic carbocycles. The molecule has 0 radical (unpaired) electrons. The Morgan fingerprint density at radius 2 is 2.03 bits per heavy atom. The zero-order valence-electron chi connectivity index (χ0n) is 16.4. The van der Waals surface area contributed by atoms with Crippen LogP contribution >= 0.6 is 0 Å². The Morgan fingerprint density at radius 1 is 1.24 bits per heavy atom. The van der Waals surface area contributed by atoms with Crippen LogP contribution in [0.25, 0.3) is 11.4 Å². The van der Waals surface area contributed by atoms with Gasteiger partial charge in [0.1, 0.15) is 12.4 Å². The molecule has 2 aromatic heterocycles. The maximum Gasteiger partial charge on any atom is 0.336 e. The van der Waals surface area contributed by atoms with Crippen LogP contribution in [0.5, 0.6) is 11.6 Å². The third-order valence-electron chi connectivity index (χ3n) is 4.11. The number of esters is 1. The molecule has 3 rings (SSSR count). The number of hydrogen-bond donors (Lipinski definition) is 1. The van der Waals surface area contributed by atoms with Crippen LogP contribution in [0, 0.1) is 6.92 Å². The van der Waals surface area contributed by atoms with Crippen molar-refractivity contribution in [2.24, 2.45) is 0 Å². The van der Waals surface area contributed by atoms with Gasteiger partial charge in [0.05, 0.1) is 37.7 Å². The molecule has 152 valence electrons. The van der Waals surface area contributed by atoms with E-state index in [2.05, 4.69) is 19.8 Å². The van der Waals surface area contributed by atoms with Gasteiger partial charge in [0.2, 0.25) is 5.88 Å². The Labute approximate surface area is 167 Å². The maximum atomic E-state index is 11.5. The first-order valence-corrected chi connectivity index (χ1v) is 8.90. The van der Waals surface area contributed by atoms with Gasteiger partial charge in [-0.05, 0) is 25.1 Å². The quantitative estimate of drug-likeness (QED) is 0.572. The average Bonchev–Trinajstić information content (AvgIpc) is 3.10. The van der Waals surface area contributed by atoms with Crippen molar-refractivity contribution in [3.63, 3.8) is 0 Å². The standard InChI is InChI=1S/C20H22N4O5/c1-13-10-18(24(23-13)11-16(25)20(26)28-3)29-12-14-8-9-21-19(22-14)15-6-4-5-7-17(15)27-2/h4-10,16,25H,11-12H2,1-3H3/t16-/m1/s1. The van der Waals surface area contributed by atoms with Gasteiger partial charge < -0.3 is 19.3 Å². The lowest BCUT2D eigenvalue weighted by Crippen LogP contribution is -2.27. The van der Waals surface area contributed by atoms with Crippen molar-refractivity contribution < 1.29 is 24.1 Å². The summed E-state index contributed by atoms with van der Waals surface area (Å²) in [6.45, 7) is 1.87.